The second-order valence-electron chi connectivity index (χ2n) is 4.15. The quantitative estimate of drug-likeness (QED) is 0.599. The van der Waals surface area contributed by atoms with Crippen LogP contribution in [0.15, 0.2) is 35.3 Å². The number of ether oxygens (including phenoxy) is 2. The molecule has 2 N–H and O–H groups in total. The van der Waals surface area contributed by atoms with Crippen molar-refractivity contribution in [3.8, 4) is 0 Å². The molecule has 0 radical (unpaired) electrons. The Morgan fingerprint density at radius 1 is 1.59 bits per heavy atom. The van der Waals surface area contributed by atoms with Crippen LogP contribution in [0.3, 0.4) is 0 Å². The van der Waals surface area contributed by atoms with Crippen molar-refractivity contribution in [2.75, 3.05) is 13.7 Å². The van der Waals surface area contributed by atoms with Crippen molar-refractivity contribution in [1.82, 2.24) is 0 Å². The molecule has 4 heteroatoms. The molecule has 0 spiro atoms. The Bertz CT molecular complexity index is 376. The van der Waals surface area contributed by atoms with Crippen molar-refractivity contribution in [2.45, 2.75) is 20.3 Å². The van der Waals surface area contributed by atoms with Crippen molar-refractivity contribution in [3.05, 3.63) is 35.3 Å². The first-order chi connectivity index (χ1) is 8.04. The third-order valence-corrected chi connectivity index (χ3v) is 2.46. The van der Waals surface area contributed by atoms with Crippen molar-refractivity contribution < 1.29 is 14.3 Å². The molecule has 0 aliphatic heterocycles. The number of carbonyl (C=O) groups is 1. The van der Waals surface area contributed by atoms with Crippen LogP contribution in [0.4, 0.5) is 0 Å². The molecule has 0 saturated carbocycles. The zero-order chi connectivity index (χ0) is 12.8. The maximum atomic E-state index is 11.4. The smallest absolute Gasteiger partial charge is 0.312 e. The Morgan fingerprint density at radius 2 is 2.29 bits per heavy atom. The molecular formula is C13H19NO3. The van der Waals surface area contributed by atoms with Gasteiger partial charge in [0, 0.05) is 0 Å². The summed E-state index contributed by atoms with van der Waals surface area (Å²) < 4.78 is 10.2. The first-order valence-corrected chi connectivity index (χ1v) is 5.56. The van der Waals surface area contributed by atoms with Crippen molar-refractivity contribution >= 4 is 5.97 Å². The second-order valence-corrected chi connectivity index (χ2v) is 4.15. The van der Waals surface area contributed by atoms with Crippen LogP contribution in [0.2, 0.25) is 0 Å². The molecule has 0 bridgehead atoms. The van der Waals surface area contributed by atoms with Crippen LogP contribution in [-0.2, 0) is 14.3 Å². The Hall–Kier alpha value is -1.71. The summed E-state index contributed by atoms with van der Waals surface area (Å²) in [4.78, 5) is 11.4. The minimum absolute atomic E-state index is 0.267. The van der Waals surface area contributed by atoms with E-state index in [4.69, 9.17) is 15.2 Å². The molecular weight excluding hydrogens is 218 g/mol. The average molecular weight is 237 g/mol. The number of carbonyl (C=O) groups excluding carboxylic acids is 1. The summed E-state index contributed by atoms with van der Waals surface area (Å²) in [6.07, 6.45) is 6.03. The molecule has 1 rings (SSSR count). The molecule has 1 aliphatic rings. The molecule has 1 unspecified atom stereocenters. The molecule has 17 heavy (non-hydrogen) atoms. The van der Waals surface area contributed by atoms with E-state index in [1.54, 1.807) is 12.2 Å². The zero-order valence-corrected chi connectivity index (χ0v) is 10.5. The molecule has 0 aromatic rings. The van der Waals surface area contributed by atoms with E-state index in [9.17, 15) is 4.79 Å². The molecule has 94 valence electrons. The average Bonchev–Trinajstić information content (AvgIpc) is 2.30. The predicted molar refractivity (Wildman–Crippen MR) is 65.9 cm³/mol. The molecule has 0 saturated heterocycles. The van der Waals surface area contributed by atoms with Crippen molar-refractivity contribution in [2.24, 2.45) is 11.7 Å². The lowest BCUT2D eigenvalue weighted by Crippen LogP contribution is -2.19. The van der Waals surface area contributed by atoms with Gasteiger partial charge in [-0.15, -0.1) is 0 Å². The van der Waals surface area contributed by atoms with Crippen LogP contribution >= 0.6 is 0 Å². The van der Waals surface area contributed by atoms with Gasteiger partial charge in [0.15, 0.2) is 0 Å². The van der Waals surface area contributed by atoms with Crippen LogP contribution < -0.4 is 5.73 Å². The van der Waals surface area contributed by atoms with Gasteiger partial charge in [-0.3, -0.25) is 4.79 Å². The van der Waals surface area contributed by atoms with Gasteiger partial charge in [-0.2, -0.15) is 0 Å². The van der Waals surface area contributed by atoms with Gasteiger partial charge in [0.2, 0.25) is 0 Å². The lowest BCUT2D eigenvalue weighted by molar-refractivity contribution is -0.143. The highest BCUT2D eigenvalue weighted by molar-refractivity contribution is 5.75. The summed E-state index contributed by atoms with van der Waals surface area (Å²) in [7, 11) is 1.38. The van der Waals surface area contributed by atoms with E-state index in [0.717, 1.165) is 0 Å². The molecule has 0 amide bonds. The molecule has 0 aromatic heterocycles. The standard InChI is InChI=1S/C13H19NO3/c1-9(2)6-7-17-12-8-10(13(15)16-3)4-5-11(12)14/h5-6,8,10H,4,7,14H2,1-3H3. The highest BCUT2D eigenvalue weighted by Crippen LogP contribution is 2.22. The Labute approximate surface area is 102 Å². The summed E-state index contributed by atoms with van der Waals surface area (Å²) >= 11 is 0. The zero-order valence-electron chi connectivity index (χ0n) is 10.5. The van der Waals surface area contributed by atoms with E-state index in [2.05, 4.69) is 0 Å². The van der Waals surface area contributed by atoms with Crippen LogP contribution in [0, 0.1) is 5.92 Å². The van der Waals surface area contributed by atoms with Gasteiger partial charge in [-0.05, 0) is 32.4 Å². The number of rotatable bonds is 4. The van der Waals surface area contributed by atoms with Gasteiger partial charge >= 0.3 is 5.97 Å². The van der Waals surface area contributed by atoms with Crippen LogP contribution in [0.1, 0.15) is 20.3 Å². The van der Waals surface area contributed by atoms with E-state index < -0.39 is 0 Å². The molecule has 0 aromatic carbocycles. The van der Waals surface area contributed by atoms with Gasteiger partial charge in [0.25, 0.3) is 0 Å². The van der Waals surface area contributed by atoms with Gasteiger partial charge < -0.3 is 15.2 Å². The second kappa shape index (κ2) is 6.13. The number of nitrogens with two attached hydrogens (primary N) is 1. The largest absolute Gasteiger partial charge is 0.488 e. The van der Waals surface area contributed by atoms with Gasteiger partial charge in [-0.25, -0.2) is 0 Å². The van der Waals surface area contributed by atoms with E-state index in [1.165, 1.54) is 12.7 Å². The molecule has 1 atom stereocenters. The maximum Gasteiger partial charge on any atom is 0.312 e. The number of hydrogen-bond donors (Lipinski definition) is 1. The lowest BCUT2D eigenvalue weighted by atomic mass is 9.98. The lowest BCUT2D eigenvalue weighted by Gasteiger charge is -2.18. The minimum atomic E-state index is -0.297. The topological polar surface area (TPSA) is 61.5 Å². The highest BCUT2D eigenvalue weighted by atomic mass is 16.5. The minimum Gasteiger partial charge on any atom is -0.488 e. The summed E-state index contributed by atoms with van der Waals surface area (Å²) in [6.45, 7) is 4.45. The molecule has 0 heterocycles. The van der Waals surface area contributed by atoms with E-state index in [0.29, 0.717) is 24.5 Å². The highest BCUT2D eigenvalue weighted by Gasteiger charge is 2.21. The summed E-state index contributed by atoms with van der Waals surface area (Å²) in [5.74, 6) is -0.00443. The van der Waals surface area contributed by atoms with Gasteiger partial charge in [-0.1, -0.05) is 11.6 Å². The van der Waals surface area contributed by atoms with Crippen LogP contribution in [0.5, 0.6) is 0 Å². The van der Waals surface area contributed by atoms with E-state index in [-0.39, 0.29) is 11.9 Å². The van der Waals surface area contributed by atoms with Crippen LogP contribution in [-0.4, -0.2) is 19.7 Å². The fourth-order valence-corrected chi connectivity index (χ4v) is 1.45. The number of methoxy groups -OCH3 is 1. The first kappa shape index (κ1) is 13.4. The third-order valence-electron chi connectivity index (χ3n) is 2.46. The first-order valence-electron chi connectivity index (χ1n) is 5.56. The fraction of sp³-hybridized carbons (Fsp3) is 0.462. The van der Waals surface area contributed by atoms with Gasteiger partial charge in [0.05, 0.1) is 18.7 Å². The summed E-state index contributed by atoms with van der Waals surface area (Å²) in [5, 5.41) is 0. The number of hydrogen-bond acceptors (Lipinski definition) is 4. The summed E-state index contributed by atoms with van der Waals surface area (Å²) in [5.41, 5.74) is 7.55. The number of esters is 1. The number of allylic oxidation sites excluding steroid dienone is 2. The SMILES string of the molecule is COC(=O)C1C=C(OCC=C(C)C)C(N)=CC1. The Balaban J connectivity index is 2.66. The van der Waals surface area contributed by atoms with Crippen LogP contribution in [0.25, 0.3) is 0 Å². The fourth-order valence-electron chi connectivity index (χ4n) is 1.45. The van der Waals surface area contributed by atoms with Crippen molar-refractivity contribution in [3.63, 3.8) is 0 Å². The van der Waals surface area contributed by atoms with Gasteiger partial charge in [0.1, 0.15) is 12.4 Å². The van der Waals surface area contributed by atoms with Crippen molar-refractivity contribution in [1.29, 1.82) is 0 Å². The van der Waals surface area contributed by atoms with E-state index in [1.807, 2.05) is 19.9 Å². The maximum absolute atomic E-state index is 11.4. The normalized spacial score (nSPS) is 18.9. The third kappa shape index (κ3) is 3.98. The predicted octanol–water partition coefficient (Wildman–Crippen LogP) is 1.89. The Kier molecular flexibility index (Phi) is 4.82. The summed E-state index contributed by atoms with van der Waals surface area (Å²) in [6, 6.07) is 0. The van der Waals surface area contributed by atoms with E-state index >= 15 is 0 Å². The monoisotopic (exact) mass is 237 g/mol. The molecule has 1 aliphatic carbocycles. The Morgan fingerprint density at radius 3 is 2.88 bits per heavy atom. The molecule has 0 fully saturated rings. The molecule has 4 nitrogen and oxygen atoms in total.